The molecule has 5 heteroatoms. The van der Waals surface area contributed by atoms with E-state index < -0.39 is 10.8 Å². The van der Waals surface area contributed by atoms with Gasteiger partial charge in [0.25, 0.3) is 5.91 Å². The van der Waals surface area contributed by atoms with Crippen molar-refractivity contribution in [1.29, 1.82) is 0 Å². The van der Waals surface area contributed by atoms with Crippen LogP contribution >= 0.6 is 0 Å². The second kappa shape index (κ2) is 7.55. The third-order valence-corrected chi connectivity index (χ3v) is 4.87. The summed E-state index contributed by atoms with van der Waals surface area (Å²) < 4.78 is 11.9. The highest BCUT2D eigenvalue weighted by Crippen LogP contribution is 2.13. The van der Waals surface area contributed by atoms with Crippen LogP contribution in [-0.2, 0) is 10.8 Å². The fourth-order valence-electron chi connectivity index (χ4n) is 1.60. The number of benzene rings is 1. The van der Waals surface area contributed by atoms with Crippen LogP contribution in [0.1, 0.15) is 38.1 Å². The summed E-state index contributed by atoms with van der Waals surface area (Å²) in [4.78, 5) is 12.8. The lowest BCUT2D eigenvalue weighted by molar-refractivity contribution is 0.0916. The minimum atomic E-state index is -1.04. The molecule has 1 aromatic carbocycles. The van der Waals surface area contributed by atoms with Crippen molar-refractivity contribution in [2.75, 3.05) is 6.61 Å². The summed E-state index contributed by atoms with van der Waals surface area (Å²) >= 11 is 0. The molecule has 0 aliphatic carbocycles. The maximum atomic E-state index is 12.0. The molecule has 0 aliphatic heterocycles. The maximum absolute atomic E-state index is 12.0. The number of carbonyl (C=O) groups is 1. The van der Waals surface area contributed by atoms with Gasteiger partial charge in [-0.15, -0.1) is 0 Å². The van der Waals surface area contributed by atoms with Crippen molar-refractivity contribution in [3.63, 3.8) is 0 Å². The van der Waals surface area contributed by atoms with Crippen molar-refractivity contribution in [2.45, 2.75) is 43.9 Å². The summed E-state index contributed by atoms with van der Waals surface area (Å²) in [6.45, 7) is 7.57. The van der Waals surface area contributed by atoms with Gasteiger partial charge in [0.2, 0.25) is 0 Å². The number of aliphatic hydroxyl groups excluding tert-OH is 1. The van der Waals surface area contributed by atoms with Crippen molar-refractivity contribution in [1.82, 2.24) is 5.32 Å². The summed E-state index contributed by atoms with van der Waals surface area (Å²) in [5.74, 6) is -0.175. The average molecular weight is 297 g/mol. The van der Waals surface area contributed by atoms with Gasteiger partial charge in [0, 0.05) is 28.4 Å². The molecule has 0 bridgehead atoms. The Labute approximate surface area is 123 Å². The lowest BCUT2D eigenvalue weighted by Gasteiger charge is -2.19. The number of rotatable bonds is 6. The summed E-state index contributed by atoms with van der Waals surface area (Å²) in [6, 6.07) is 6.72. The van der Waals surface area contributed by atoms with Crippen LogP contribution < -0.4 is 5.32 Å². The summed E-state index contributed by atoms with van der Waals surface area (Å²) in [6.07, 6.45) is 0. The maximum Gasteiger partial charge on any atom is 0.251 e. The van der Waals surface area contributed by atoms with Crippen molar-refractivity contribution in [2.24, 2.45) is 5.92 Å². The molecule has 0 fully saturated rings. The van der Waals surface area contributed by atoms with Gasteiger partial charge >= 0.3 is 0 Å². The Kier molecular flexibility index (Phi) is 6.36. The average Bonchev–Trinajstić information content (AvgIpc) is 2.45. The molecule has 0 saturated carbocycles. The zero-order valence-electron chi connectivity index (χ0n) is 12.4. The van der Waals surface area contributed by atoms with Crippen LogP contribution in [0.2, 0.25) is 0 Å². The van der Waals surface area contributed by atoms with Crippen LogP contribution in [0.5, 0.6) is 0 Å². The van der Waals surface area contributed by atoms with Gasteiger partial charge in [-0.3, -0.25) is 9.00 Å². The minimum absolute atomic E-state index is 0.00617. The van der Waals surface area contributed by atoms with E-state index in [0.29, 0.717) is 5.56 Å². The molecule has 0 heterocycles. The molecule has 0 spiro atoms. The third-order valence-electron chi connectivity index (χ3n) is 3.28. The Morgan fingerprint density at radius 3 is 2.20 bits per heavy atom. The van der Waals surface area contributed by atoms with E-state index >= 15 is 0 Å². The first-order valence-electron chi connectivity index (χ1n) is 6.79. The SMILES string of the molecule is CC(CO)C(C)NC(=O)c1ccc(S(=O)C(C)C)cc1. The van der Waals surface area contributed by atoms with Gasteiger partial charge in [-0.2, -0.15) is 0 Å². The van der Waals surface area contributed by atoms with Crippen LogP contribution in [0.15, 0.2) is 29.2 Å². The molecule has 20 heavy (non-hydrogen) atoms. The molecule has 0 aromatic heterocycles. The zero-order valence-corrected chi connectivity index (χ0v) is 13.2. The molecule has 1 aromatic rings. The van der Waals surface area contributed by atoms with E-state index in [1.807, 2.05) is 27.7 Å². The quantitative estimate of drug-likeness (QED) is 0.843. The Morgan fingerprint density at radius 2 is 1.75 bits per heavy atom. The highest BCUT2D eigenvalue weighted by atomic mass is 32.2. The molecule has 3 unspecified atom stereocenters. The molecule has 3 atom stereocenters. The van der Waals surface area contributed by atoms with Crippen LogP contribution in [-0.4, -0.2) is 33.1 Å². The second-order valence-electron chi connectivity index (χ2n) is 5.29. The monoisotopic (exact) mass is 297 g/mol. The Balaban J connectivity index is 2.73. The molecule has 1 amide bonds. The molecular weight excluding hydrogens is 274 g/mol. The number of hydrogen-bond donors (Lipinski definition) is 2. The van der Waals surface area contributed by atoms with Crippen molar-refractivity contribution < 1.29 is 14.1 Å². The Hall–Kier alpha value is -1.20. The van der Waals surface area contributed by atoms with Crippen molar-refractivity contribution in [3.05, 3.63) is 29.8 Å². The Morgan fingerprint density at radius 1 is 1.20 bits per heavy atom. The number of aliphatic hydroxyl groups is 1. The van der Waals surface area contributed by atoms with Gasteiger partial charge in [0.1, 0.15) is 0 Å². The summed E-state index contributed by atoms with van der Waals surface area (Å²) in [5.41, 5.74) is 0.534. The van der Waals surface area contributed by atoms with E-state index in [-0.39, 0.29) is 29.7 Å². The molecule has 0 radical (unpaired) electrons. The number of amides is 1. The molecule has 2 N–H and O–H groups in total. The van der Waals surface area contributed by atoms with Gasteiger partial charge in [-0.25, -0.2) is 0 Å². The van der Waals surface area contributed by atoms with Crippen LogP contribution in [0.25, 0.3) is 0 Å². The van der Waals surface area contributed by atoms with Crippen molar-refractivity contribution in [3.8, 4) is 0 Å². The lowest BCUT2D eigenvalue weighted by atomic mass is 10.0. The number of hydrogen-bond acceptors (Lipinski definition) is 3. The largest absolute Gasteiger partial charge is 0.396 e. The first-order valence-corrected chi connectivity index (χ1v) is 8.00. The summed E-state index contributed by atoms with van der Waals surface area (Å²) in [5, 5.41) is 12.0. The first kappa shape index (κ1) is 16.9. The smallest absolute Gasteiger partial charge is 0.251 e. The van der Waals surface area contributed by atoms with Gasteiger partial charge in [0.15, 0.2) is 0 Å². The van der Waals surface area contributed by atoms with E-state index in [1.165, 1.54) is 0 Å². The molecule has 112 valence electrons. The molecule has 1 rings (SSSR count). The highest BCUT2D eigenvalue weighted by molar-refractivity contribution is 7.85. The topological polar surface area (TPSA) is 66.4 Å². The third kappa shape index (κ3) is 4.42. The molecule has 0 saturated heterocycles. The minimum Gasteiger partial charge on any atom is -0.396 e. The predicted molar refractivity (Wildman–Crippen MR) is 81.2 cm³/mol. The van der Waals surface area contributed by atoms with Crippen LogP contribution in [0, 0.1) is 5.92 Å². The van der Waals surface area contributed by atoms with E-state index in [9.17, 15) is 9.00 Å². The second-order valence-corrected chi connectivity index (χ2v) is 7.30. The lowest BCUT2D eigenvalue weighted by Crippen LogP contribution is -2.38. The standard InChI is InChI=1S/C15H23NO3S/c1-10(2)20(19)14-7-5-13(6-8-14)15(18)16-12(4)11(3)9-17/h5-8,10-12,17H,9H2,1-4H3,(H,16,18). The normalized spacial score (nSPS) is 15.7. The Bertz CT molecular complexity index is 471. The predicted octanol–water partition coefficient (Wildman–Crippen LogP) is 1.95. The first-order chi connectivity index (χ1) is 9.36. The van der Waals surface area contributed by atoms with E-state index in [4.69, 9.17) is 5.11 Å². The number of nitrogens with one attached hydrogen (secondary N) is 1. The fraction of sp³-hybridized carbons (Fsp3) is 0.533. The highest BCUT2D eigenvalue weighted by Gasteiger charge is 2.15. The van der Waals surface area contributed by atoms with E-state index in [2.05, 4.69) is 5.32 Å². The fourth-order valence-corrected chi connectivity index (χ4v) is 2.55. The van der Waals surface area contributed by atoms with Crippen molar-refractivity contribution >= 4 is 16.7 Å². The van der Waals surface area contributed by atoms with Gasteiger partial charge in [-0.1, -0.05) is 20.8 Å². The molecule has 0 aliphatic rings. The molecular formula is C15H23NO3S. The summed E-state index contributed by atoms with van der Waals surface area (Å²) in [7, 11) is -1.04. The van der Waals surface area contributed by atoms with Crippen LogP contribution in [0.4, 0.5) is 0 Å². The number of carbonyl (C=O) groups excluding carboxylic acids is 1. The van der Waals surface area contributed by atoms with Gasteiger partial charge in [-0.05, 0) is 37.1 Å². The zero-order chi connectivity index (χ0) is 15.3. The molecule has 4 nitrogen and oxygen atoms in total. The van der Waals surface area contributed by atoms with Gasteiger partial charge < -0.3 is 10.4 Å². The van der Waals surface area contributed by atoms with Gasteiger partial charge in [0.05, 0.1) is 10.8 Å². The van der Waals surface area contributed by atoms with Crippen LogP contribution in [0.3, 0.4) is 0 Å². The van der Waals surface area contributed by atoms with E-state index in [0.717, 1.165) is 4.90 Å². The van der Waals surface area contributed by atoms with E-state index in [1.54, 1.807) is 24.3 Å².